The van der Waals surface area contributed by atoms with Gasteiger partial charge >= 0.3 is 0 Å². The zero-order valence-corrected chi connectivity index (χ0v) is 14.6. The van der Waals surface area contributed by atoms with Crippen LogP contribution in [0.5, 0.6) is 0 Å². The van der Waals surface area contributed by atoms with E-state index in [1.165, 1.54) is 0 Å². The van der Waals surface area contributed by atoms with Crippen LogP contribution in [-0.2, 0) is 4.74 Å². The van der Waals surface area contributed by atoms with Crippen molar-refractivity contribution >= 4 is 5.82 Å². The average molecular weight is 340 g/mol. The lowest BCUT2D eigenvalue weighted by atomic mass is 10.0. The summed E-state index contributed by atoms with van der Waals surface area (Å²) in [6.45, 7) is 7.81. The monoisotopic (exact) mass is 340 g/mol. The van der Waals surface area contributed by atoms with E-state index in [0.717, 1.165) is 75.0 Å². The lowest BCUT2D eigenvalue weighted by molar-refractivity contribution is 0.0115. The fourth-order valence-electron chi connectivity index (χ4n) is 3.73. The molecule has 0 aromatic carbocycles. The number of hydrogen-bond donors (Lipinski definition) is 0. The summed E-state index contributed by atoms with van der Waals surface area (Å²) in [7, 11) is 0. The summed E-state index contributed by atoms with van der Waals surface area (Å²) in [6.07, 6.45) is 9.41. The number of morpholine rings is 1. The predicted molar refractivity (Wildman–Crippen MR) is 95.4 cm³/mol. The summed E-state index contributed by atoms with van der Waals surface area (Å²) in [6, 6.07) is 0.659. The van der Waals surface area contributed by atoms with E-state index in [-0.39, 0.29) is 0 Å². The van der Waals surface area contributed by atoms with Gasteiger partial charge in [-0.25, -0.2) is 19.9 Å². The van der Waals surface area contributed by atoms with Gasteiger partial charge in [0.05, 0.1) is 13.2 Å². The fraction of sp³-hybridized carbons (Fsp3) is 0.556. The second kappa shape index (κ2) is 7.41. The molecule has 7 heteroatoms. The minimum atomic E-state index is 0.659. The Hall–Kier alpha value is -2.12. The number of anilines is 1. The van der Waals surface area contributed by atoms with Gasteiger partial charge in [-0.3, -0.25) is 4.90 Å². The number of aryl methyl sites for hydroxylation is 1. The van der Waals surface area contributed by atoms with Gasteiger partial charge in [0.1, 0.15) is 18.0 Å². The average Bonchev–Trinajstić information content (AvgIpc) is 2.69. The lowest BCUT2D eigenvalue weighted by Crippen LogP contribution is -2.49. The quantitative estimate of drug-likeness (QED) is 0.839. The second-order valence-corrected chi connectivity index (χ2v) is 6.65. The van der Waals surface area contributed by atoms with E-state index < -0.39 is 0 Å². The molecule has 4 heterocycles. The summed E-state index contributed by atoms with van der Waals surface area (Å²) < 4.78 is 5.48. The van der Waals surface area contributed by atoms with Crippen molar-refractivity contribution in [2.75, 3.05) is 44.3 Å². The van der Waals surface area contributed by atoms with Crippen molar-refractivity contribution in [3.05, 3.63) is 30.7 Å². The molecular weight excluding hydrogens is 316 g/mol. The molecule has 0 spiro atoms. The number of aromatic nitrogens is 4. The summed E-state index contributed by atoms with van der Waals surface area (Å²) in [5.41, 5.74) is 1.98. The highest BCUT2D eigenvalue weighted by Gasteiger charge is 2.27. The van der Waals surface area contributed by atoms with E-state index in [1.807, 2.05) is 25.5 Å². The normalized spacial score (nSPS) is 20.0. The minimum absolute atomic E-state index is 0.659. The van der Waals surface area contributed by atoms with E-state index in [0.29, 0.717) is 6.04 Å². The summed E-state index contributed by atoms with van der Waals surface area (Å²) in [5, 5.41) is 0. The van der Waals surface area contributed by atoms with Crippen molar-refractivity contribution < 1.29 is 4.74 Å². The standard InChI is InChI=1S/C18H24N6O/c1-14-21-12-17(15-10-19-13-20-11-15)18(22-14)24-4-2-16(3-5-24)23-6-8-25-9-7-23/h10-13,16H,2-9H2,1H3. The van der Waals surface area contributed by atoms with Crippen LogP contribution >= 0.6 is 0 Å². The molecule has 2 saturated heterocycles. The molecule has 0 amide bonds. The van der Waals surface area contributed by atoms with E-state index in [9.17, 15) is 0 Å². The molecular formula is C18H24N6O. The van der Waals surface area contributed by atoms with E-state index in [1.54, 1.807) is 6.33 Å². The maximum absolute atomic E-state index is 5.48. The molecule has 0 bridgehead atoms. The largest absolute Gasteiger partial charge is 0.379 e. The van der Waals surface area contributed by atoms with Gasteiger partial charge in [0.15, 0.2) is 0 Å². The van der Waals surface area contributed by atoms with Crippen LogP contribution in [0.3, 0.4) is 0 Å². The molecule has 25 heavy (non-hydrogen) atoms. The maximum Gasteiger partial charge on any atom is 0.140 e. The smallest absolute Gasteiger partial charge is 0.140 e. The van der Waals surface area contributed by atoms with E-state index in [2.05, 4.69) is 24.8 Å². The second-order valence-electron chi connectivity index (χ2n) is 6.65. The van der Waals surface area contributed by atoms with Crippen molar-refractivity contribution in [3.8, 4) is 11.1 Å². The summed E-state index contributed by atoms with van der Waals surface area (Å²) in [4.78, 5) is 22.4. The molecule has 2 aliphatic heterocycles. The van der Waals surface area contributed by atoms with Gasteiger partial charge in [-0.15, -0.1) is 0 Å². The number of ether oxygens (including phenoxy) is 1. The third kappa shape index (κ3) is 3.62. The Morgan fingerprint density at radius 3 is 2.44 bits per heavy atom. The van der Waals surface area contributed by atoms with Gasteiger partial charge in [-0.1, -0.05) is 0 Å². The first-order valence-electron chi connectivity index (χ1n) is 8.97. The predicted octanol–water partition coefficient (Wildman–Crippen LogP) is 1.54. The highest BCUT2D eigenvalue weighted by molar-refractivity contribution is 5.74. The van der Waals surface area contributed by atoms with Crippen LogP contribution in [0, 0.1) is 6.92 Å². The van der Waals surface area contributed by atoms with E-state index in [4.69, 9.17) is 9.72 Å². The first kappa shape index (κ1) is 16.4. The van der Waals surface area contributed by atoms with Gasteiger partial charge in [0, 0.05) is 61.9 Å². The molecule has 7 nitrogen and oxygen atoms in total. The van der Waals surface area contributed by atoms with Crippen LogP contribution in [0.2, 0.25) is 0 Å². The Balaban J connectivity index is 1.52. The van der Waals surface area contributed by atoms with Crippen LogP contribution in [0.1, 0.15) is 18.7 Å². The highest BCUT2D eigenvalue weighted by Crippen LogP contribution is 2.30. The Kier molecular flexibility index (Phi) is 4.85. The lowest BCUT2D eigenvalue weighted by Gasteiger charge is -2.40. The topological polar surface area (TPSA) is 67.3 Å². The Morgan fingerprint density at radius 1 is 1.00 bits per heavy atom. The minimum Gasteiger partial charge on any atom is -0.379 e. The summed E-state index contributed by atoms with van der Waals surface area (Å²) >= 11 is 0. The van der Waals surface area contributed by atoms with Gasteiger partial charge < -0.3 is 9.64 Å². The highest BCUT2D eigenvalue weighted by atomic mass is 16.5. The molecule has 0 N–H and O–H groups in total. The Labute approximate surface area is 148 Å². The van der Waals surface area contributed by atoms with Crippen LogP contribution in [0.4, 0.5) is 5.82 Å². The van der Waals surface area contributed by atoms with Crippen molar-refractivity contribution in [2.24, 2.45) is 0 Å². The van der Waals surface area contributed by atoms with Crippen LogP contribution in [0.15, 0.2) is 24.9 Å². The zero-order valence-electron chi connectivity index (χ0n) is 14.6. The molecule has 2 aromatic heterocycles. The molecule has 0 atom stereocenters. The van der Waals surface area contributed by atoms with Gasteiger partial charge in [0.25, 0.3) is 0 Å². The van der Waals surface area contributed by atoms with Crippen LogP contribution in [0.25, 0.3) is 11.1 Å². The number of hydrogen-bond acceptors (Lipinski definition) is 7. The van der Waals surface area contributed by atoms with Crippen molar-refractivity contribution in [1.82, 2.24) is 24.8 Å². The molecule has 4 rings (SSSR count). The molecule has 2 fully saturated rings. The van der Waals surface area contributed by atoms with Gasteiger partial charge in [-0.05, 0) is 19.8 Å². The van der Waals surface area contributed by atoms with Crippen LogP contribution in [-0.4, -0.2) is 70.3 Å². The first-order chi connectivity index (χ1) is 12.3. The van der Waals surface area contributed by atoms with Crippen LogP contribution < -0.4 is 4.90 Å². The molecule has 0 aliphatic carbocycles. The first-order valence-corrected chi connectivity index (χ1v) is 8.97. The molecule has 0 unspecified atom stereocenters. The van der Waals surface area contributed by atoms with Gasteiger partial charge in [0.2, 0.25) is 0 Å². The Bertz CT molecular complexity index is 696. The number of piperidine rings is 1. The fourth-order valence-corrected chi connectivity index (χ4v) is 3.73. The molecule has 132 valence electrons. The third-order valence-electron chi connectivity index (χ3n) is 5.09. The number of rotatable bonds is 3. The number of nitrogens with zero attached hydrogens (tertiary/aromatic N) is 6. The molecule has 2 aliphatic rings. The molecule has 0 radical (unpaired) electrons. The van der Waals surface area contributed by atoms with Crippen molar-refractivity contribution in [2.45, 2.75) is 25.8 Å². The molecule has 0 saturated carbocycles. The third-order valence-corrected chi connectivity index (χ3v) is 5.09. The Morgan fingerprint density at radius 2 is 1.72 bits per heavy atom. The SMILES string of the molecule is Cc1ncc(-c2cncnc2)c(N2CCC(N3CCOCC3)CC2)n1. The zero-order chi connectivity index (χ0) is 17.1. The van der Waals surface area contributed by atoms with Crippen molar-refractivity contribution in [1.29, 1.82) is 0 Å². The van der Waals surface area contributed by atoms with Crippen molar-refractivity contribution in [3.63, 3.8) is 0 Å². The molecule has 2 aromatic rings. The van der Waals surface area contributed by atoms with E-state index >= 15 is 0 Å². The summed E-state index contributed by atoms with van der Waals surface area (Å²) in [5.74, 6) is 1.80. The maximum atomic E-state index is 5.48. The van der Waals surface area contributed by atoms with Gasteiger partial charge in [-0.2, -0.15) is 0 Å².